The predicted octanol–water partition coefficient (Wildman–Crippen LogP) is 2.14. The molecule has 4 N–H and O–H groups in total. The highest BCUT2D eigenvalue weighted by Crippen LogP contribution is 2.17. The minimum Gasteiger partial charge on any atom is -0.392 e. The van der Waals surface area contributed by atoms with Crippen LogP contribution in [0.3, 0.4) is 0 Å². The van der Waals surface area contributed by atoms with Crippen LogP contribution in [0.15, 0.2) is 24.3 Å². The van der Waals surface area contributed by atoms with Gasteiger partial charge >= 0.3 is 6.03 Å². The zero-order valence-electron chi connectivity index (χ0n) is 13.5. The van der Waals surface area contributed by atoms with Gasteiger partial charge in [-0.15, -0.1) is 0 Å². The van der Waals surface area contributed by atoms with E-state index in [0.717, 1.165) is 36.9 Å². The van der Waals surface area contributed by atoms with E-state index >= 15 is 0 Å². The van der Waals surface area contributed by atoms with Gasteiger partial charge in [0.05, 0.1) is 6.61 Å². The van der Waals surface area contributed by atoms with Gasteiger partial charge in [0.2, 0.25) is 5.91 Å². The molecule has 1 unspecified atom stereocenters. The average molecular weight is 319 g/mol. The van der Waals surface area contributed by atoms with Crippen molar-refractivity contribution >= 4 is 17.6 Å². The van der Waals surface area contributed by atoms with Crippen LogP contribution in [0.5, 0.6) is 0 Å². The summed E-state index contributed by atoms with van der Waals surface area (Å²) in [5.41, 5.74) is 1.49. The van der Waals surface area contributed by atoms with Crippen molar-refractivity contribution in [3.8, 4) is 0 Å². The molecule has 0 aromatic heterocycles. The topological polar surface area (TPSA) is 90.5 Å². The Bertz CT molecular complexity index is 542. The number of aliphatic hydroxyl groups excluding tert-OH is 1. The molecule has 6 nitrogen and oxygen atoms in total. The third-order valence-electron chi connectivity index (χ3n) is 4.06. The molecule has 1 fully saturated rings. The van der Waals surface area contributed by atoms with E-state index in [4.69, 9.17) is 5.11 Å². The van der Waals surface area contributed by atoms with Crippen LogP contribution < -0.4 is 16.0 Å². The summed E-state index contributed by atoms with van der Waals surface area (Å²) in [7, 11) is 0. The van der Waals surface area contributed by atoms with Crippen molar-refractivity contribution < 1.29 is 14.7 Å². The van der Waals surface area contributed by atoms with Crippen LogP contribution in [0.1, 0.15) is 44.6 Å². The van der Waals surface area contributed by atoms with Gasteiger partial charge in [0.1, 0.15) is 6.04 Å². The van der Waals surface area contributed by atoms with Crippen LogP contribution in [-0.2, 0) is 11.4 Å². The second-order valence-corrected chi connectivity index (χ2v) is 6.02. The maximum Gasteiger partial charge on any atom is 0.321 e. The van der Waals surface area contributed by atoms with E-state index in [2.05, 4.69) is 16.0 Å². The van der Waals surface area contributed by atoms with E-state index in [9.17, 15) is 9.59 Å². The minimum absolute atomic E-state index is 0.0557. The molecule has 1 aliphatic rings. The molecule has 1 aliphatic carbocycles. The molecule has 0 radical (unpaired) electrons. The molecule has 1 saturated carbocycles. The lowest BCUT2D eigenvalue weighted by Gasteiger charge is -2.23. The third-order valence-corrected chi connectivity index (χ3v) is 4.06. The molecule has 23 heavy (non-hydrogen) atoms. The van der Waals surface area contributed by atoms with Gasteiger partial charge in [0.25, 0.3) is 0 Å². The highest BCUT2D eigenvalue weighted by atomic mass is 16.3. The van der Waals surface area contributed by atoms with Crippen molar-refractivity contribution in [3.05, 3.63) is 29.8 Å². The van der Waals surface area contributed by atoms with Crippen LogP contribution in [0.2, 0.25) is 0 Å². The van der Waals surface area contributed by atoms with E-state index in [1.807, 2.05) is 6.07 Å². The number of benzene rings is 1. The number of rotatable bonds is 5. The van der Waals surface area contributed by atoms with Crippen molar-refractivity contribution in [2.45, 2.75) is 57.7 Å². The Morgan fingerprint density at radius 3 is 2.70 bits per heavy atom. The molecule has 6 heteroatoms. The molecule has 0 aliphatic heterocycles. The Kier molecular flexibility index (Phi) is 6.40. The van der Waals surface area contributed by atoms with Gasteiger partial charge in [-0.2, -0.15) is 0 Å². The minimum atomic E-state index is -0.555. The first kappa shape index (κ1) is 17.3. The van der Waals surface area contributed by atoms with Crippen molar-refractivity contribution in [2.24, 2.45) is 0 Å². The first-order valence-corrected chi connectivity index (χ1v) is 8.16. The number of amides is 3. The lowest BCUT2D eigenvalue weighted by Crippen LogP contribution is -2.49. The van der Waals surface area contributed by atoms with Gasteiger partial charge in [-0.3, -0.25) is 10.1 Å². The molecular weight excluding hydrogens is 294 g/mol. The quantitative estimate of drug-likeness (QED) is 0.669. The number of imide groups is 1. The van der Waals surface area contributed by atoms with E-state index in [-0.39, 0.29) is 18.6 Å². The largest absolute Gasteiger partial charge is 0.392 e. The predicted molar refractivity (Wildman–Crippen MR) is 89.0 cm³/mol. The lowest BCUT2D eigenvalue weighted by molar-refractivity contribution is -0.120. The summed E-state index contributed by atoms with van der Waals surface area (Å²) >= 11 is 0. The number of nitrogens with one attached hydrogen (secondary N) is 3. The van der Waals surface area contributed by atoms with E-state index in [1.54, 1.807) is 25.1 Å². The van der Waals surface area contributed by atoms with E-state index in [1.165, 1.54) is 6.42 Å². The van der Waals surface area contributed by atoms with Gasteiger partial charge in [0.15, 0.2) is 0 Å². The number of anilines is 1. The van der Waals surface area contributed by atoms with Gasteiger partial charge in [0, 0.05) is 11.7 Å². The van der Waals surface area contributed by atoms with Crippen LogP contribution in [0.4, 0.5) is 10.5 Å². The van der Waals surface area contributed by atoms with Gasteiger partial charge in [-0.25, -0.2) is 4.79 Å². The zero-order chi connectivity index (χ0) is 16.7. The molecule has 3 amide bonds. The monoisotopic (exact) mass is 319 g/mol. The van der Waals surface area contributed by atoms with Crippen molar-refractivity contribution in [1.82, 2.24) is 10.6 Å². The SMILES string of the molecule is CC(Nc1cccc(CO)c1)C(=O)NC(=O)NC1CCCCC1. The molecule has 0 bridgehead atoms. The normalized spacial score (nSPS) is 16.4. The third kappa shape index (κ3) is 5.56. The summed E-state index contributed by atoms with van der Waals surface area (Å²) in [6.45, 7) is 1.63. The average Bonchev–Trinajstić information content (AvgIpc) is 2.55. The summed E-state index contributed by atoms with van der Waals surface area (Å²) in [6, 6.07) is 6.36. The van der Waals surface area contributed by atoms with Crippen LogP contribution in [0, 0.1) is 0 Å². The molecule has 1 atom stereocenters. The molecule has 1 aromatic carbocycles. The summed E-state index contributed by atoms with van der Waals surface area (Å²) in [4.78, 5) is 23.9. The van der Waals surface area contributed by atoms with Gasteiger partial charge in [-0.1, -0.05) is 31.4 Å². The fourth-order valence-electron chi connectivity index (χ4n) is 2.76. The maximum atomic E-state index is 12.1. The Morgan fingerprint density at radius 2 is 2.00 bits per heavy atom. The summed E-state index contributed by atoms with van der Waals surface area (Å²) in [5, 5.41) is 17.4. The Morgan fingerprint density at radius 1 is 1.26 bits per heavy atom. The molecule has 0 saturated heterocycles. The highest BCUT2D eigenvalue weighted by molar-refractivity contribution is 5.98. The number of hydrogen-bond acceptors (Lipinski definition) is 4. The smallest absolute Gasteiger partial charge is 0.321 e. The molecular formula is C17H25N3O3. The second-order valence-electron chi connectivity index (χ2n) is 6.02. The van der Waals surface area contributed by atoms with Gasteiger partial charge in [-0.05, 0) is 37.5 Å². The van der Waals surface area contributed by atoms with Crippen LogP contribution >= 0.6 is 0 Å². The Hall–Kier alpha value is -2.08. The number of carbonyl (C=O) groups is 2. The molecule has 1 aromatic rings. The molecule has 2 rings (SSSR count). The maximum absolute atomic E-state index is 12.1. The molecule has 126 valence electrons. The van der Waals surface area contributed by atoms with Gasteiger partial charge < -0.3 is 15.7 Å². The van der Waals surface area contributed by atoms with Crippen molar-refractivity contribution in [3.63, 3.8) is 0 Å². The molecule has 0 spiro atoms. The van der Waals surface area contributed by atoms with Crippen molar-refractivity contribution in [2.75, 3.05) is 5.32 Å². The zero-order valence-corrected chi connectivity index (χ0v) is 13.5. The van der Waals surface area contributed by atoms with E-state index in [0.29, 0.717) is 0 Å². The van der Waals surface area contributed by atoms with Crippen molar-refractivity contribution in [1.29, 1.82) is 0 Å². The number of hydrogen-bond donors (Lipinski definition) is 4. The fourth-order valence-corrected chi connectivity index (χ4v) is 2.76. The first-order valence-electron chi connectivity index (χ1n) is 8.16. The lowest BCUT2D eigenvalue weighted by atomic mass is 9.96. The number of aliphatic hydroxyl groups is 1. The standard InChI is InChI=1S/C17H25N3O3/c1-12(18-15-9-5-6-13(10-15)11-21)16(22)20-17(23)19-14-7-3-2-4-8-14/h5-6,9-10,12,14,18,21H,2-4,7-8,11H2,1H3,(H2,19,20,22,23). The number of carbonyl (C=O) groups excluding carboxylic acids is 2. The van der Waals surface area contributed by atoms with E-state index < -0.39 is 12.1 Å². The number of urea groups is 1. The highest BCUT2D eigenvalue weighted by Gasteiger charge is 2.19. The second kappa shape index (κ2) is 8.53. The molecule has 0 heterocycles. The van der Waals surface area contributed by atoms with Crippen LogP contribution in [0.25, 0.3) is 0 Å². The summed E-state index contributed by atoms with van der Waals surface area (Å²) < 4.78 is 0. The summed E-state index contributed by atoms with van der Waals surface area (Å²) in [5.74, 6) is -0.382. The van der Waals surface area contributed by atoms with Crippen LogP contribution in [-0.4, -0.2) is 29.1 Å². The fraction of sp³-hybridized carbons (Fsp3) is 0.529. The Labute approximate surface area is 136 Å². The Balaban J connectivity index is 1.80. The summed E-state index contributed by atoms with van der Waals surface area (Å²) in [6.07, 6.45) is 5.41. The first-order chi connectivity index (χ1) is 11.1.